The predicted octanol–water partition coefficient (Wildman–Crippen LogP) is 3.92. The Kier molecular flexibility index (Phi) is 12.0. The molecule has 3 heterocycles. The highest BCUT2D eigenvalue weighted by Gasteiger charge is 2.21. The van der Waals surface area contributed by atoms with Crippen LogP contribution in [0.25, 0.3) is 11.0 Å². The Bertz CT molecular complexity index is 1900. The summed E-state index contributed by atoms with van der Waals surface area (Å²) in [4.78, 5) is 68.5. The Morgan fingerprint density at radius 3 is 2.47 bits per heavy atom. The Morgan fingerprint density at radius 1 is 1.00 bits per heavy atom. The molecule has 0 spiro atoms. The fraction of sp³-hybridized carbons (Fsp3) is 0.405. The smallest absolute Gasteiger partial charge is 0.407 e. The molecule has 51 heavy (non-hydrogen) atoms. The predicted molar refractivity (Wildman–Crippen MR) is 197 cm³/mol. The summed E-state index contributed by atoms with van der Waals surface area (Å²) in [6, 6.07) is 15.0. The normalized spacial score (nSPS) is 14.5. The number of aryl methyl sites for hydroxylation is 1. The number of amides is 3. The highest BCUT2D eigenvalue weighted by atomic mass is 16.6. The largest absolute Gasteiger partial charge is 0.444 e. The molecule has 1 fully saturated rings. The fourth-order valence-electron chi connectivity index (χ4n) is 5.59. The number of alkyl carbamates (subject to hydrolysis) is 1. The van der Waals surface area contributed by atoms with E-state index in [1.165, 1.54) is 6.07 Å². The zero-order valence-electron chi connectivity index (χ0n) is 29.8. The van der Waals surface area contributed by atoms with Crippen LogP contribution in [0.1, 0.15) is 65.1 Å². The van der Waals surface area contributed by atoms with Crippen LogP contribution < -0.4 is 26.8 Å². The van der Waals surface area contributed by atoms with E-state index < -0.39 is 35.1 Å². The van der Waals surface area contributed by atoms with Crippen LogP contribution in [0, 0.1) is 6.92 Å². The van der Waals surface area contributed by atoms with Gasteiger partial charge in [-0.1, -0.05) is 36.4 Å². The van der Waals surface area contributed by atoms with Crippen molar-refractivity contribution >= 4 is 40.6 Å². The van der Waals surface area contributed by atoms with Gasteiger partial charge in [0.15, 0.2) is 0 Å². The van der Waals surface area contributed by atoms with Gasteiger partial charge in [0.25, 0.3) is 17.4 Å². The topological polar surface area (TPSA) is 174 Å². The van der Waals surface area contributed by atoms with Gasteiger partial charge in [-0.3, -0.25) is 14.4 Å². The minimum absolute atomic E-state index is 0.0864. The van der Waals surface area contributed by atoms with Gasteiger partial charge in [-0.25, -0.2) is 9.78 Å². The molecule has 14 nitrogen and oxygen atoms in total. The van der Waals surface area contributed by atoms with Gasteiger partial charge in [0.05, 0.1) is 6.04 Å². The third-order valence-electron chi connectivity index (χ3n) is 8.47. The van der Waals surface area contributed by atoms with E-state index >= 15 is 0 Å². The van der Waals surface area contributed by atoms with Gasteiger partial charge < -0.3 is 40.8 Å². The lowest BCUT2D eigenvalue weighted by atomic mass is 10.0. The lowest BCUT2D eigenvalue weighted by Crippen LogP contribution is -2.44. The number of carbonyl (C=O) groups is 3. The second-order valence-electron chi connectivity index (χ2n) is 13.7. The molecule has 5 N–H and O–H groups in total. The number of hydrogen-bond acceptors (Lipinski definition) is 10. The van der Waals surface area contributed by atoms with Crippen molar-refractivity contribution < 1.29 is 19.1 Å². The quantitative estimate of drug-likeness (QED) is 0.137. The molecule has 270 valence electrons. The number of hydrogen-bond donors (Lipinski definition) is 5. The second kappa shape index (κ2) is 16.6. The molecule has 14 heteroatoms. The van der Waals surface area contributed by atoms with Gasteiger partial charge in [0, 0.05) is 62.1 Å². The molecule has 1 atom stereocenters. The Balaban J connectivity index is 1.22. The minimum Gasteiger partial charge on any atom is -0.444 e. The fourth-order valence-corrected chi connectivity index (χ4v) is 5.59. The second-order valence-corrected chi connectivity index (χ2v) is 13.7. The van der Waals surface area contributed by atoms with Crippen molar-refractivity contribution in [2.45, 2.75) is 45.8 Å². The number of carbonyl (C=O) groups excluding carboxylic acids is 3. The molecule has 0 radical (unpaired) electrons. The Morgan fingerprint density at radius 2 is 1.75 bits per heavy atom. The number of aromatic nitrogens is 3. The van der Waals surface area contributed by atoms with Gasteiger partial charge in [-0.2, -0.15) is 4.98 Å². The number of aromatic amines is 1. The number of pyridine rings is 1. The number of nitrogens with zero attached hydrogens (tertiary/aromatic N) is 4. The summed E-state index contributed by atoms with van der Waals surface area (Å²) in [5, 5.41) is 12.2. The highest BCUT2D eigenvalue weighted by Crippen LogP contribution is 2.20. The summed E-state index contributed by atoms with van der Waals surface area (Å²) in [6.07, 6.45) is 1.90. The number of fused-ring (bicyclic) bond motifs is 1. The van der Waals surface area contributed by atoms with Gasteiger partial charge in [0.1, 0.15) is 16.8 Å². The van der Waals surface area contributed by atoms with Crippen molar-refractivity contribution in [2.24, 2.45) is 0 Å². The molecule has 1 aliphatic rings. The number of ether oxygens (including phenoxy) is 1. The molecular formula is C37H47N9O5. The number of anilines is 2. The van der Waals surface area contributed by atoms with Crippen LogP contribution in [0.15, 0.2) is 65.6 Å². The molecule has 5 rings (SSSR count). The van der Waals surface area contributed by atoms with Gasteiger partial charge >= 0.3 is 6.09 Å². The van der Waals surface area contributed by atoms with E-state index in [0.29, 0.717) is 34.8 Å². The standard InChI is InChI=1S/C37H47N9O5/c1-24-12-13-26(32(47)42-30(25-10-7-6-8-11-25)23-40-36(50)51-37(2,3)4)21-29(24)41-33(48)28-20-27-22-39-35(44-31(27)43-34(28)49)38-14-9-15-46-18-16-45(5)17-19-46/h6-8,10-13,20-22,30H,9,14-19,23H2,1-5H3,(H,40,50)(H,41,48)(H,42,47)(H2,38,39,43,44,49). The van der Waals surface area contributed by atoms with Crippen molar-refractivity contribution in [1.29, 1.82) is 0 Å². The number of H-pyrrole nitrogens is 1. The van der Waals surface area contributed by atoms with E-state index in [2.05, 4.69) is 53.1 Å². The van der Waals surface area contributed by atoms with Crippen LogP contribution in [-0.2, 0) is 4.74 Å². The lowest BCUT2D eigenvalue weighted by molar-refractivity contribution is 0.0519. The number of benzene rings is 2. The summed E-state index contributed by atoms with van der Waals surface area (Å²) in [7, 11) is 2.14. The molecule has 0 bridgehead atoms. The lowest BCUT2D eigenvalue weighted by Gasteiger charge is -2.32. The molecule has 2 aromatic carbocycles. The first-order chi connectivity index (χ1) is 24.3. The molecular weight excluding hydrogens is 650 g/mol. The first-order valence-electron chi connectivity index (χ1n) is 17.1. The van der Waals surface area contributed by atoms with E-state index in [1.54, 1.807) is 52.1 Å². The van der Waals surface area contributed by atoms with E-state index in [0.717, 1.165) is 44.7 Å². The summed E-state index contributed by atoms with van der Waals surface area (Å²) in [5.74, 6) is -0.669. The Hall–Kier alpha value is -5.34. The zero-order chi connectivity index (χ0) is 36.5. The van der Waals surface area contributed by atoms with Crippen molar-refractivity contribution in [1.82, 2.24) is 35.4 Å². The highest BCUT2D eigenvalue weighted by molar-refractivity contribution is 6.06. The van der Waals surface area contributed by atoms with E-state index in [4.69, 9.17) is 4.74 Å². The minimum atomic E-state index is -0.671. The Labute approximate surface area is 297 Å². The summed E-state index contributed by atoms with van der Waals surface area (Å²) in [5.41, 5.74) is 1.04. The third kappa shape index (κ3) is 10.6. The van der Waals surface area contributed by atoms with Crippen LogP contribution in [0.4, 0.5) is 16.4 Å². The first-order valence-corrected chi connectivity index (χ1v) is 17.1. The molecule has 3 amide bonds. The molecule has 4 aromatic rings. The number of nitrogens with one attached hydrogen (secondary N) is 5. The SMILES string of the molecule is Cc1ccc(C(=O)NC(CNC(=O)OC(C)(C)C)c2ccccc2)cc1NC(=O)c1cc2cnc(NCCCN3CCN(C)CC3)nc2[nH]c1=O. The summed E-state index contributed by atoms with van der Waals surface area (Å²) >= 11 is 0. The van der Waals surface area contributed by atoms with E-state index in [-0.39, 0.29) is 17.7 Å². The molecule has 2 aromatic heterocycles. The van der Waals surface area contributed by atoms with Gasteiger partial charge in [-0.15, -0.1) is 0 Å². The molecule has 0 aliphatic carbocycles. The van der Waals surface area contributed by atoms with E-state index in [1.807, 2.05) is 30.3 Å². The maximum absolute atomic E-state index is 13.5. The van der Waals surface area contributed by atoms with Gasteiger partial charge in [-0.05, 0) is 77.0 Å². The summed E-state index contributed by atoms with van der Waals surface area (Å²) in [6.45, 7) is 13.1. The molecule has 1 aliphatic heterocycles. The average Bonchev–Trinajstić information content (AvgIpc) is 3.09. The van der Waals surface area contributed by atoms with Crippen molar-refractivity contribution in [3.8, 4) is 0 Å². The average molecular weight is 698 g/mol. The molecule has 1 unspecified atom stereocenters. The number of piperazine rings is 1. The maximum atomic E-state index is 13.5. The third-order valence-corrected chi connectivity index (χ3v) is 8.47. The maximum Gasteiger partial charge on any atom is 0.407 e. The van der Waals surface area contributed by atoms with E-state index in [9.17, 15) is 19.2 Å². The molecule has 1 saturated heterocycles. The summed E-state index contributed by atoms with van der Waals surface area (Å²) < 4.78 is 5.35. The van der Waals surface area contributed by atoms with Crippen molar-refractivity contribution in [3.05, 3.63) is 93.4 Å². The van der Waals surface area contributed by atoms with Crippen LogP contribution >= 0.6 is 0 Å². The first kappa shape index (κ1) is 36.9. The zero-order valence-corrected chi connectivity index (χ0v) is 29.8. The van der Waals surface area contributed by atoms with Crippen LogP contribution in [-0.4, -0.2) is 101 Å². The number of likely N-dealkylation sites (N-methyl/N-ethyl adjacent to an activating group) is 1. The molecule has 0 saturated carbocycles. The monoisotopic (exact) mass is 697 g/mol. The van der Waals surface area contributed by atoms with Crippen molar-refractivity contribution in [2.75, 3.05) is 63.5 Å². The van der Waals surface area contributed by atoms with Gasteiger partial charge in [0.2, 0.25) is 5.95 Å². The van der Waals surface area contributed by atoms with Crippen LogP contribution in [0.2, 0.25) is 0 Å². The van der Waals surface area contributed by atoms with Crippen LogP contribution in [0.5, 0.6) is 0 Å². The van der Waals surface area contributed by atoms with Crippen molar-refractivity contribution in [3.63, 3.8) is 0 Å². The number of rotatable bonds is 12. The van der Waals surface area contributed by atoms with Crippen LogP contribution in [0.3, 0.4) is 0 Å².